The zero-order valence-corrected chi connectivity index (χ0v) is 9.60. The van der Waals surface area contributed by atoms with Crippen molar-refractivity contribution in [1.29, 1.82) is 0 Å². The van der Waals surface area contributed by atoms with E-state index >= 15 is 0 Å². The lowest BCUT2D eigenvalue weighted by Gasteiger charge is -2.12. The molecule has 0 fully saturated rings. The number of hydrogen-bond donors (Lipinski definition) is 1. The van der Waals surface area contributed by atoms with E-state index in [0.717, 1.165) is 0 Å². The maximum Gasteiger partial charge on any atom is 0.129 e. The van der Waals surface area contributed by atoms with E-state index in [1.54, 1.807) is 6.07 Å². The predicted molar refractivity (Wildman–Crippen MR) is 62.6 cm³/mol. The summed E-state index contributed by atoms with van der Waals surface area (Å²) in [5.74, 6) is 0.571. The molecule has 0 saturated carbocycles. The molecule has 1 aromatic rings. The first kappa shape index (κ1) is 11.9. The molecule has 0 aliphatic heterocycles. The summed E-state index contributed by atoms with van der Waals surface area (Å²) in [7, 11) is 0. The summed E-state index contributed by atoms with van der Waals surface area (Å²) < 4.78 is 18.4. The highest BCUT2D eigenvalue weighted by atomic mass is 32.1. The van der Waals surface area contributed by atoms with Crippen LogP contribution in [0.4, 0.5) is 4.39 Å². The summed E-state index contributed by atoms with van der Waals surface area (Å²) in [6.45, 7) is 4.62. The third kappa shape index (κ3) is 3.47. The van der Waals surface area contributed by atoms with E-state index in [1.807, 2.05) is 13.8 Å². The van der Waals surface area contributed by atoms with Crippen LogP contribution in [0, 0.1) is 11.7 Å². The summed E-state index contributed by atoms with van der Waals surface area (Å²) in [6, 6.07) is 4.17. The number of ether oxygens (including phenoxy) is 1. The van der Waals surface area contributed by atoms with Gasteiger partial charge in [-0.2, -0.15) is 0 Å². The van der Waals surface area contributed by atoms with Gasteiger partial charge in [-0.15, -0.1) is 0 Å². The molecule has 0 amide bonds. The van der Waals surface area contributed by atoms with Gasteiger partial charge in [0.2, 0.25) is 0 Å². The summed E-state index contributed by atoms with van der Waals surface area (Å²) in [5.41, 5.74) is 5.92. The minimum absolute atomic E-state index is 0.147. The Kier molecular flexibility index (Phi) is 4.03. The topological polar surface area (TPSA) is 35.2 Å². The van der Waals surface area contributed by atoms with Gasteiger partial charge in [0.1, 0.15) is 16.6 Å². The second-order valence-electron chi connectivity index (χ2n) is 3.71. The lowest BCUT2D eigenvalue weighted by atomic mass is 10.2. The molecule has 1 rings (SSSR count). The molecule has 0 atom stereocenters. The van der Waals surface area contributed by atoms with Gasteiger partial charge in [0.15, 0.2) is 0 Å². The fourth-order valence-electron chi connectivity index (χ4n) is 1.08. The zero-order chi connectivity index (χ0) is 11.4. The molecule has 0 aromatic heterocycles. The molecule has 0 unspecified atom stereocenters. The van der Waals surface area contributed by atoms with Crippen molar-refractivity contribution < 1.29 is 9.13 Å². The minimum Gasteiger partial charge on any atom is -0.493 e. The molecule has 2 N–H and O–H groups in total. The van der Waals surface area contributed by atoms with Crippen molar-refractivity contribution in [3.8, 4) is 5.75 Å². The fraction of sp³-hybridized carbons (Fsp3) is 0.364. The van der Waals surface area contributed by atoms with Crippen LogP contribution in [0.3, 0.4) is 0 Å². The lowest BCUT2D eigenvalue weighted by molar-refractivity contribution is 0.270. The van der Waals surface area contributed by atoms with Crippen molar-refractivity contribution in [1.82, 2.24) is 0 Å². The average molecular weight is 227 g/mol. The average Bonchev–Trinajstić information content (AvgIpc) is 2.15. The fourth-order valence-corrected chi connectivity index (χ4v) is 1.24. The van der Waals surface area contributed by atoms with E-state index in [0.29, 0.717) is 23.8 Å². The van der Waals surface area contributed by atoms with Crippen molar-refractivity contribution in [2.75, 3.05) is 6.61 Å². The van der Waals surface area contributed by atoms with E-state index < -0.39 is 0 Å². The van der Waals surface area contributed by atoms with Gasteiger partial charge in [0.25, 0.3) is 0 Å². The van der Waals surface area contributed by atoms with E-state index in [2.05, 4.69) is 0 Å². The van der Waals surface area contributed by atoms with E-state index in [-0.39, 0.29) is 10.8 Å². The lowest BCUT2D eigenvalue weighted by Crippen LogP contribution is -2.13. The molecule has 2 nitrogen and oxygen atoms in total. The van der Waals surface area contributed by atoms with Gasteiger partial charge in [-0.3, -0.25) is 0 Å². The number of hydrogen-bond acceptors (Lipinski definition) is 2. The Morgan fingerprint density at radius 3 is 2.73 bits per heavy atom. The van der Waals surface area contributed by atoms with Gasteiger partial charge in [-0.25, -0.2) is 4.39 Å². The number of rotatable bonds is 4. The highest BCUT2D eigenvalue weighted by molar-refractivity contribution is 7.80. The summed E-state index contributed by atoms with van der Waals surface area (Å²) in [5, 5.41) is 0. The van der Waals surface area contributed by atoms with Crippen LogP contribution in [0.5, 0.6) is 5.75 Å². The third-order valence-electron chi connectivity index (χ3n) is 1.78. The number of halogens is 1. The standard InChI is InChI=1S/C11H14FNOS/c1-7(2)6-14-10-4-3-8(12)5-9(10)11(13)15/h3-5,7H,6H2,1-2H3,(H2,13,15). The Bertz CT molecular complexity index is 366. The Balaban J connectivity index is 2.91. The first-order chi connectivity index (χ1) is 7.00. The molecule has 0 bridgehead atoms. The zero-order valence-electron chi connectivity index (χ0n) is 8.79. The van der Waals surface area contributed by atoms with Crippen LogP contribution in [-0.2, 0) is 0 Å². The van der Waals surface area contributed by atoms with Gasteiger partial charge < -0.3 is 10.5 Å². The Morgan fingerprint density at radius 2 is 2.20 bits per heavy atom. The molecule has 0 spiro atoms. The van der Waals surface area contributed by atoms with Gasteiger partial charge in [0.05, 0.1) is 12.2 Å². The number of benzene rings is 1. The predicted octanol–water partition coefficient (Wildman–Crippen LogP) is 2.49. The normalized spacial score (nSPS) is 10.4. The molecule has 15 heavy (non-hydrogen) atoms. The first-order valence-corrected chi connectivity index (χ1v) is 5.13. The van der Waals surface area contributed by atoms with Gasteiger partial charge in [-0.05, 0) is 24.1 Å². The molecule has 0 saturated heterocycles. The summed E-state index contributed by atoms with van der Waals surface area (Å²) >= 11 is 4.82. The van der Waals surface area contributed by atoms with Crippen molar-refractivity contribution in [2.45, 2.75) is 13.8 Å². The smallest absolute Gasteiger partial charge is 0.129 e. The Labute approximate surface area is 94.2 Å². The van der Waals surface area contributed by atoms with Crippen LogP contribution in [-0.4, -0.2) is 11.6 Å². The van der Waals surface area contributed by atoms with Crippen molar-refractivity contribution >= 4 is 17.2 Å². The van der Waals surface area contributed by atoms with Crippen LogP contribution < -0.4 is 10.5 Å². The minimum atomic E-state index is -0.366. The molecule has 1 aromatic carbocycles. The van der Waals surface area contributed by atoms with Crippen molar-refractivity contribution in [2.24, 2.45) is 11.7 Å². The maximum absolute atomic E-state index is 12.9. The molecular formula is C11H14FNOS. The highest BCUT2D eigenvalue weighted by Crippen LogP contribution is 2.20. The van der Waals surface area contributed by atoms with Crippen LogP contribution in [0.15, 0.2) is 18.2 Å². The van der Waals surface area contributed by atoms with Crippen LogP contribution in [0.25, 0.3) is 0 Å². The quantitative estimate of drug-likeness (QED) is 0.803. The Hall–Kier alpha value is -1.16. The van der Waals surface area contributed by atoms with Crippen LogP contribution in [0.1, 0.15) is 19.4 Å². The summed E-state index contributed by atoms with van der Waals surface area (Å²) in [4.78, 5) is 0.147. The van der Waals surface area contributed by atoms with Gasteiger partial charge in [-0.1, -0.05) is 26.1 Å². The van der Waals surface area contributed by atoms with Crippen LogP contribution in [0.2, 0.25) is 0 Å². The largest absolute Gasteiger partial charge is 0.493 e. The monoisotopic (exact) mass is 227 g/mol. The molecule has 82 valence electrons. The summed E-state index contributed by atoms with van der Waals surface area (Å²) in [6.07, 6.45) is 0. The van der Waals surface area contributed by atoms with Gasteiger partial charge in [0, 0.05) is 0 Å². The molecule has 0 heterocycles. The first-order valence-electron chi connectivity index (χ1n) is 4.73. The van der Waals surface area contributed by atoms with E-state index in [9.17, 15) is 4.39 Å². The highest BCUT2D eigenvalue weighted by Gasteiger charge is 2.08. The third-order valence-corrected chi connectivity index (χ3v) is 2.00. The molecule has 0 aliphatic rings. The Morgan fingerprint density at radius 1 is 1.53 bits per heavy atom. The van der Waals surface area contributed by atoms with Crippen molar-refractivity contribution in [3.05, 3.63) is 29.6 Å². The number of thiocarbonyl (C=S) groups is 1. The SMILES string of the molecule is CC(C)COc1ccc(F)cc1C(N)=S. The second-order valence-corrected chi connectivity index (χ2v) is 4.15. The molecular weight excluding hydrogens is 213 g/mol. The number of nitrogens with two attached hydrogens (primary N) is 1. The van der Waals surface area contributed by atoms with Crippen LogP contribution >= 0.6 is 12.2 Å². The van der Waals surface area contributed by atoms with Crippen molar-refractivity contribution in [3.63, 3.8) is 0 Å². The maximum atomic E-state index is 12.9. The molecule has 0 radical (unpaired) electrons. The second kappa shape index (κ2) is 5.07. The molecule has 4 heteroatoms. The van der Waals surface area contributed by atoms with E-state index in [4.69, 9.17) is 22.7 Å². The van der Waals surface area contributed by atoms with Gasteiger partial charge >= 0.3 is 0 Å². The van der Waals surface area contributed by atoms with E-state index in [1.165, 1.54) is 12.1 Å². The molecule has 0 aliphatic carbocycles.